The van der Waals surface area contributed by atoms with Gasteiger partial charge in [0.05, 0.1) is 0 Å². The standard InChI is InChI=1S/C17H27N/c1-4-9-18-17(10-13(2)3)16-11-14-7-5-6-8-15(14)12-16/h5-8,13,16-18H,4,9-12H2,1-3H3. The first kappa shape index (κ1) is 13.6. The Labute approximate surface area is 112 Å². The van der Waals surface area contributed by atoms with Crippen molar-refractivity contribution in [2.24, 2.45) is 11.8 Å². The number of nitrogens with one attached hydrogen (secondary N) is 1. The molecule has 100 valence electrons. The molecule has 0 saturated carbocycles. The Hall–Kier alpha value is -0.820. The first-order chi connectivity index (χ1) is 8.70. The summed E-state index contributed by atoms with van der Waals surface area (Å²) >= 11 is 0. The van der Waals surface area contributed by atoms with Crippen LogP contribution in [-0.4, -0.2) is 12.6 Å². The van der Waals surface area contributed by atoms with E-state index in [1.54, 1.807) is 11.1 Å². The minimum absolute atomic E-state index is 0.692. The van der Waals surface area contributed by atoms with E-state index in [2.05, 4.69) is 50.4 Å². The quantitative estimate of drug-likeness (QED) is 0.803. The summed E-state index contributed by atoms with van der Waals surface area (Å²) in [5, 5.41) is 3.78. The van der Waals surface area contributed by atoms with Crippen molar-refractivity contribution in [3.05, 3.63) is 35.4 Å². The summed E-state index contributed by atoms with van der Waals surface area (Å²) in [7, 11) is 0. The Bertz CT molecular complexity index is 345. The van der Waals surface area contributed by atoms with Crippen LogP contribution in [0.1, 0.15) is 44.7 Å². The number of rotatable bonds is 6. The van der Waals surface area contributed by atoms with E-state index in [0.29, 0.717) is 6.04 Å². The highest BCUT2D eigenvalue weighted by atomic mass is 14.9. The topological polar surface area (TPSA) is 12.0 Å². The fraction of sp³-hybridized carbons (Fsp3) is 0.647. The molecule has 2 rings (SSSR count). The molecule has 1 aliphatic carbocycles. The molecule has 1 aromatic carbocycles. The lowest BCUT2D eigenvalue weighted by Crippen LogP contribution is -2.38. The number of hydrogen-bond donors (Lipinski definition) is 1. The van der Waals surface area contributed by atoms with E-state index in [9.17, 15) is 0 Å². The lowest BCUT2D eigenvalue weighted by molar-refractivity contribution is 0.313. The van der Waals surface area contributed by atoms with Crippen LogP contribution in [0.3, 0.4) is 0 Å². The molecule has 1 heteroatoms. The highest BCUT2D eigenvalue weighted by Crippen LogP contribution is 2.30. The summed E-state index contributed by atoms with van der Waals surface area (Å²) in [5.41, 5.74) is 3.16. The van der Waals surface area contributed by atoms with Crippen LogP contribution in [0, 0.1) is 11.8 Å². The molecular weight excluding hydrogens is 218 g/mol. The molecule has 0 fully saturated rings. The molecule has 0 saturated heterocycles. The Balaban J connectivity index is 2.00. The van der Waals surface area contributed by atoms with E-state index in [0.717, 1.165) is 18.4 Å². The molecule has 0 bridgehead atoms. The predicted molar refractivity (Wildman–Crippen MR) is 78.9 cm³/mol. The molecule has 0 radical (unpaired) electrons. The van der Waals surface area contributed by atoms with E-state index in [4.69, 9.17) is 0 Å². The van der Waals surface area contributed by atoms with Crippen LogP contribution in [0.2, 0.25) is 0 Å². The van der Waals surface area contributed by atoms with Gasteiger partial charge in [0.15, 0.2) is 0 Å². The van der Waals surface area contributed by atoms with E-state index in [1.807, 2.05) is 0 Å². The van der Waals surface area contributed by atoms with Crippen molar-refractivity contribution < 1.29 is 0 Å². The third-order valence-electron chi connectivity index (χ3n) is 4.03. The SMILES string of the molecule is CCCNC(CC(C)C)C1Cc2ccccc2C1. The highest BCUT2D eigenvalue weighted by Gasteiger charge is 2.28. The number of fused-ring (bicyclic) bond motifs is 1. The maximum atomic E-state index is 3.78. The Morgan fingerprint density at radius 1 is 1.17 bits per heavy atom. The molecule has 0 aromatic heterocycles. The van der Waals surface area contributed by atoms with E-state index in [1.165, 1.54) is 25.7 Å². The molecule has 18 heavy (non-hydrogen) atoms. The van der Waals surface area contributed by atoms with Crippen LogP contribution in [0.4, 0.5) is 0 Å². The van der Waals surface area contributed by atoms with Gasteiger partial charge in [-0.25, -0.2) is 0 Å². The fourth-order valence-corrected chi connectivity index (χ4v) is 3.16. The second-order valence-electron chi connectivity index (χ2n) is 6.13. The first-order valence-corrected chi connectivity index (χ1v) is 7.50. The number of benzene rings is 1. The highest BCUT2D eigenvalue weighted by molar-refractivity contribution is 5.32. The molecule has 0 aliphatic heterocycles. The van der Waals surface area contributed by atoms with E-state index in [-0.39, 0.29) is 0 Å². The predicted octanol–water partition coefficient (Wildman–Crippen LogP) is 3.82. The average molecular weight is 245 g/mol. The summed E-state index contributed by atoms with van der Waals surface area (Å²) in [6, 6.07) is 9.66. The van der Waals surface area contributed by atoms with Crippen LogP contribution in [0.25, 0.3) is 0 Å². The largest absolute Gasteiger partial charge is 0.314 e. The summed E-state index contributed by atoms with van der Waals surface area (Å²) in [6.07, 6.45) is 5.07. The van der Waals surface area contributed by atoms with Gasteiger partial charge in [0.1, 0.15) is 0 Å². The van der Waals surface area contributed by atoms with Gasteiger partial charge in [0.2, 0.25) is 0 Å². The van der Waals surface area contributed by atoms with Gasteiger partial charge in [-0.2, -0.15) is 0 Å². The molecule has 1 N–H and O–H groups in total. The van der Waals surface area contributed by atoms with Crippen molar-refractivity contribution in [1.82, 2.24) is 5.32 Å². The molecule has 0 spiro atoms. The van der Waals surface area contributed by atoms with Gasteiger partial charge in [-0.1, -0.05) is 45.0 Å². The normalized spacial score (nSPS) is 17.1. The smallest absolute Gasteiger partial charge is 0.0104 e. The Morgan fingerprint density at radius 2 is 1.78 bits per heavy atom. The van der Waals surface area contributed by atoms with Gasteiger partial charge in [-0.3, -0.25) is 0 Å². The maximum absolute atomic E-state index is 3.78. The fourth-order valence-electron chi connectivity index (χ4n) is 3.16. The minimum atomic E-state index is 0.692. The molecule has 0 amide bonds. The van der Waals surface area contributed by atoms with Crippen molar-refractivity contribution in [2.75, 3.05) is 6.54 Å². The molecule has 1 aromatic rings. The van der Waals surface area contributed by atoms with Crippen molar-refractivity contribution in [3.8, 4) is 0 Å². The maximum Gasteiger partial charge on any atom is 0.0104 e. The zero-order chi connectivity index (χ0) is 13.0. The van der Waals surface area contributed by atoms with Crippen LogP contribution in [-0.2, 0) is 12.8 Å². The summed E-state index contributed by atoms with van der Waals surface area (Å²) in [4.78, 5) is 0. The molecular formula is C17H27N. The molecule has 1 unspecified atom stereocenters. The van der Waals surface area contributed by atoms with Crippen molar-refractivity contribution in [2.45, 2.75) is 52.5 Å². The van der Waals surface area contributed by atoms with Crippen molar-refractivity contribution in [1.29, 1.82) is 0 Å². The number of hydrogen-bond acceptors (Lipinski definition) is 1. The van der Waals surface area contributed by atoms with E-state index >= 15 is 0 Å². The summed E-state index contributed by atoms with van der Waals surface area (Å²) in [5.74, 6) is 1.58. The lowest BCUT2D eigenvalue weighted by Gasteiger charge is -2.26. The van der Waals surface area contributed by atoms with Crippen molar-refractivity contribution in [3.63, 3.8) is 0 Å². The zero-order valence-electron chi connectivity index (χ0n) is 12.1. The van der Waals surface area contributed by atoms with Crippen molar-refractivity contribution >= 4 is 0 Å². The average Bonchev–Trinajstić information content (AvgIpc) is 2.77. The van der Waals surface area contributed by atoms with Gasteiger partial charge < -0.3 is 5.32 Å². The third kappa shape index (κ3) is 3.35. The van der Waals surface area contributed by atoms with Gasteiger partial charge in [0.25, 0.3) is 0 Å². The second-order valence-corrected chi connectivity index (χ2v) is 6.13. The van der Waals surface area contributed by atoms with Gasteiger partial charge in [0, 0.05) is 6.04 Å². The monoisotopic (exact) mass is 245 g/mol. The van der Waals surface area contributed by atoms with E-state index < -0.39 is 0 Å². The summed E-state index contributed by atoms with van der Waals surface area (Å²) in [6.45, 7) is 8.08. The van der Waals surface area contributed by atoms with Gasteiger partial charge >= 0.3 is 0 Å². The molecule has 0 heterocycles. The second kappa shape index (κ2) is 6.38. The minimum Gasteiger partial charge on any atom is -0.314 e. The summed E-state index contributed by atoms with van der Waals surface area (Å²) < 4.78 is 0. The molecule has 1 atom stereocenters. The zero-order valence-corrected chi connectivity index (χ0v) is 12.1. The van der Waals surface area contributed by atoms with Gasteiger partial charge in [-0.05, 0) is 55.2 Å². The van der Waals surface area contributed by atoms with Crippen LogP contribution in [0.5, 0.6) is 0 Å². The van der Waals surface area contributed by atoms with Crippen LogP contribution >= 0.6 is 0 Å². The molecule has 1 aliphatic rings. The Kier molecular flexibility index (Phi) is 4.82. The van der Waals surface area contributed by atoms with Crippen LogP contribution < -0.4 is 5.32 Å². The van der Waals surface area contributed by atoms with Crippen LogP contribution in [0.15, 0.2) is 24.3 Å². The Morgan fingerprint density at radius 3 is 2.28 bits per heavy atom. The first-order valence-electron chi connectivity index (χ1n) is 7.50. The molecule has 1 nitrogen and oxygen atoms in total. The lowest BCUT2D eigenvalue weighted by atomic mass is 9.89. The third-order valence-corrected chi connectivity index (χ3v) is 4.03. The van der Waals surface area contributed by atoms with Gasteiger partial charge in [-0.15, -0.1) is 0 Å².